The molecule has 11 heteroatoms. The van der Waals surface area contributed by atoms with Crippen molar-refractivity contribution in [3.8, 4) is 11.6 Å². The molecule has 1 aliphatic carbocycles. The number of aryl methyl sites for hydroxylation is 1. The van der Waals surface area contributed by atoms with Gasteiger partial charge in [0, 0.05) is 30.5 Å². The number of aromatic nitrogens is 2. The zero-order chi connectivity index (χ0) is 27.8. The molecule has 6 rings (SSSR count). The van der Waals surface area contributed by atoms with E-state index in [1.54, 1.807) is 35.5 Å². The first-order valence-corrected chi connectivity index (χ1v) is 13.7. The van der Waals surface area contributed by atoms with Gasteiger partial charge in [0.15, 0.2) is 0 Å². The Morgan fingerprint density at radius 3 is 2.67 bits per heavy atom. The maximum absolute atomic E-state index is 13.5. The Bertz CT molecular complexity index is 1650. The number of carbonyl (C=O) groups is 3. The fourth-order valence-electron chi connectivity index (χ4n) is 5.24. The van der Waals surface area contributed by atoms with Crippen molar-refractivity contribution in [3.63, 3.8) is 0 Å². The Morgan fingerprint density at radius 2 is 1.93 bits per heavy atom. The summed E-state index contributed by atoms with van der Waals surface area (Å²) in [6.45, 7) is 5.40. The first kappa shape index (κ1) is 25.5. The fraction of sp³-hybridized carbons (Fsp3) is 0.207. The number of thiophene rings is 1. The molecular formula is C29H26N6O4S. The quantitative estimate of drug-likeness (QED) is 0.262. The molecule has 1 aromatic carbocycles. The normalized spacial score (nSPS) is 17.8. The van der Waals surface area contributed by atoms with E-state index in [4.69, 9.17) is 4.74 Å². The summed E-state index contributed by atoms with van der Waals surface area (Å²) in [6, 6.07) is 11.9. The van der Waals surface area contributed by atoms with Crippen molar-refractivity contribution in [2.75, 3.05) is 10.2 Å². The molecule has 0 saturated heterocycles. The molecule has 1 fully saturated rings. The number of urea groups is 1. The Kier molecular flexibility index (Phi) is 6.64. The molecule has 2 aliphatic rings. The minimum atomic E-state index is -0.383. The van der Waals surface area contributed by atoms with Crippen molar-refractivity contribution in [2.24, 2.45) is 0 Å². The predicted molar refractivity (Wildman–Crippen MR) is 154 cm³/mol. The molecular weight excluding hydrogens is 528 g/mol. The average molecular weight is 555 g/mol. The van der Waals surface area contributed by atoms with E-state index >= 15 is 0 Å². The van der Waals surface area contributed by atoms with Gasteiger partial charge in [-0.15, -0.1) is 11.3 Å². The molecule has 4 heterocycles. The lowest BCUT2D eigenvalue weighted by Crippen LogP contribution is -2.48. The molecule has 4 amide bonds. The Balaban J connectivity index is 1.30. The third-order valence-corrected chi connectivity index (χ3v) is 8.16. The van der Waals surface area contributed by atoms with Crippen molar-refractivity contribution in [2.45, 2.75) is 38.3 Å². The van der Waals surface area contributed by atoms with Gasteiger partial charge in [0.25, 0.3) is 5.91 Å². The summed E-state index contributed by atoms with van der Waals surface area (Å²) in [7, 11) is 0. The lowest BCUT2D eigenvalue weighted by molar-refractivity contribution is -0.117. The van der Waals surface area contributed by atoms with Crippen LogP contribution in [0.1, 0.15) is 34.5 Å². The van der Waals surface area contributed by atoms with Crippen molar-refractivity contribution >= 4 is 56.5 Å². The number of rotatable bonds is 7. The first-order chi connectivity index (χ1) is 19.4. The van der Waals surface area contributed by atoms with Crippen molar-refractivity contribution < 1.29 is 19.1 Å². The monoisotopic (exact) mass is 554 g/mol. The van der Waals surface area contributed by atoms with Gasteiger partial charge in [0.1, 0.15) is 15.5 Å². The number of hydrogen-bond acceptors (Lipinski definition) is 7. The number of benzene rings is 1. The second-order valence-corrected chi connectivity index (χ2v) is 10.6. The van der Waals surface area contributed by atoms with Crippen LogP contribution in [0, 0.1) is 6.92 Å². The minimum Gasteiger partial charge on any atom is -0.439 e. The molecule has 0 radical (unpaired) electrons. The maximum atomic E-state index is 13.5. The zero-order valence-corrected chi connectivity index (χ0v) is 22.5. The fourth-order valence-corrected chi connectivity index (χ4v) is 6.26. The van der Waals surface area contributed by atoms with Crippen molar-refractivity contribution in [3.05, 3.63) is 78.0 Å². The Labute approximate surface area is 234 Å². The van der Waals surface area contributed by atoms with Gasteiger partial charge in [-0.3, -0.25) is 14.5 Å². The molecule has 0 bridgehead atoms. The number of hydrogen-bond donors (Lipinski definition) is 3. The van der Waals surface area contributed by atoms with E-state index in [1.165, 1.54) is 17.4 Å². The van der Waals surface area contributed by atoms with Crippen LogP contribution >= 0.6 is 11.3 Å². The Hall–Kier alpha value is -4.77. The standard InChI is InChI=1S/C29H26N6O4S/c1-3-22(36)32-18-7-6-8-19(18)33-27(37)26-25-24-21(12-14-31-28(24)40-26)35(29(38)34-25)20-11-10-17(15-16(20)2)39-23-9-4-5-13-30-23/h3-5,9-15,18-19H,1,6-8H2,2H3,(H,32,36)(H,33,37)(H,34,38)/t18-,19?/m0/s1. The van der Waals surface area contributed by atoms with Gasteiger partial charge in [0.2, 0.25) is 11.8 Å². The van der Waals surface area contributed by atoms with Crippen LogP contribution < -0.4 is 25.6 Å². The molecule has 4 aromatic rings. The number of nitrogens with one attached hydrogen (secondary N) is 3. The highest BCUT2D eigenvalue weighted by atomic mass is 32.1. The van der Waals surface area contributed by atoms with Gasteiger partial charge in [-0.1, -0.05) is 12.6 Å². The smallest absolute Gasteiger partial charge is 0.331 e. The van der Waals surface area contributed by atoms with Gasteiger partial charge >= 0.3 is 6.03 Å². The molecule has 1 unspecified atom stereocenters. The van der Waals surface area contributed by atoms with Crippen LogP contribution in [0.2, 0.25) is 0 Å². The highest BCUT2D eigenvalue weighted by Crippen LogP contribution is 2.46. The summed E-state index contributed by atoms with van der Waals surface area (Å²) in [6.07, 6.45) is 6.92. The van der Waals surface area contributed by atoms with Gasteiger partial charge in [-0.05, 0) is 68.2 Å². The number of carbonyl (C=O) groups excluding carboxylic acids is 3. The van der Waals surface area contributed by atoms with E-state index in [9.17, 15) is 14.4 Å². The molecule has 0 spiro atoms. The lowest BCUT2D eigenvalue weighted by Gasteiger charge is -2.29. The van der Waals surface area contributed by atoms with E-state index in [0.717, 1.165) is 24.8 Å². The van der Waals surface area contributed by atoms with Crippen LogP contribution in [0.5, 0.6) is 11.6 Å². The second kappa shape index (κ2) is 10.4. The minimum absolute atomic E-state index is 0.174. The van der Waals surface area contributed by atoms with Crippen LogP contribution in [0.25, 0.3) is 10.2 Å². The van der Waals surface area contributed by atoms with Crippen LogP contribution in [0.4, 0.5) is 21.9 Å². The highest BCUT2D eigenvalue weighted by molar-refractivity contribution is 7.21. The van der Waals surface area contributed by atoms with Crippen molar-refractivity contribution in [1.29, 1.82) is 0 Å². The highest BCUT2D eigenvalue weighted by Gasteiger charge is 2.35. The first-order valence-electron chi connectivity index (χ1n) is 12.9. The summed E-state index contributed by atoms with van der Waals surface area (Å²) in [5, 5.41) is 9.59. The number of ether oxygens (including phenoxy) is 1. The zero-order valence-electron chi connectivity index (χ0n) is 21.6. The van der Waals surface area contributed by atoms with Gasteiger partial charge < -0.3 is 20.7 Å². The lowest BCUT2D eigenvalue weighted by atomic mass is 10.1. The van der Waals surface area contributed by atoms with Crippen LogP contribution in [0.3, 0.4) is 0 Å². The summed E-state index contributed by atoms with van der Waals surface area (Å²) in [4.78, 5) is 50.1. The molecule has 10 nitrogen and oxygen atoms in total. The number of anilines is 3. The van der Waals surface area contributed by atoms with Crippen LogP contribution in [-0.4, -0.2) is 39.9 Å². The average Bonchev–Trinajstić information content (AvgIpc) is 3.55. The molecule has 40 heavy (non-hydrogen) atoms. The summed E-state index contributed by atoms with van der Waals surface area (Å²) >= 11 is 1.23. The summed E-state index contributed by atoms with van der Waals surface area (Å²) < 4.78 is 5.85. The third kappa shape index (κ3) is 4.64. The molecule has 3 aromatic heterocycles. The maximum Gasteiger partial charge on any atom is 0.331 e. The van der Waals surface area contributed by atoms with Gasteiger partial charge in [-0.25, -0.2) is 14.8 Å². The van der Waals surface area contributed by atoms with Crippen molar-refractivity contribution in [1.82, 2.24) is 20.6 Å². The topological polar surface area (TPSA) is 126 Å². The summed E-state index contributed by atoms with van der Waals surface area (Å²) in [5.74, 6) is 0.495. The van der Waals surface area contributed by atoms with E-state index < -0.39 is 0 Å². The van der Waals surface area contributed by atoms with E-state index in [0.29, 0.717) is 43.8 Å². The van der Waals surface area contributed by atoms with E-state index in [1.807, 2.05) is 31.2 Å². The second-order valence-electron chi connectivity index (χ2n) is 9.63. The van der Waals surface area contributed by atoms with E-state index in [2.05, 4.69) is 32.5 Å². The molecule has 202 valence electrons. The molecule has 3 N–H and O–H groups in total. The summed E-state index contributed by atoms with van der Waals surface area (Å²) in [5.41, 5.74) is 2.57. The van der Waals surface area contributed by atoms with Gasteiger partial charge in [-0.2, -0.15) is 0 Å². The van der Waals surface area contributed by atoms with Gasteiger partial charge in [0.05, 0.1) is 22.4 Å². The Morgan fingerprint density at radius 1 is 1.10 bits per heavy atom. The van der Waals surface area contributed by atoms with Crippen LogP contribution in [0.15, 0.2) is 67.5 Å². The largest absolute Gasteiger partial charge is 0.439 e. The molecule has 2 atom stereocenters. The third-order valence-electron chi connectivity index (χ3n) is 7.07. The predicted octanol–water partition coefficient (Wildman–Crippen LogP) is 5.43. The van der Waals surface area contributed by atoms with E-state index in [-0.39, 0.29) is 29.9 Å². The molecule has 1 saturated carbocycles. The number of nitrogens with zero attached hydrogens (tertiary/aromatic N) is 3. The number of pyridine rings is 2. The SMILES string of the molecule is C=CC(=O)N[C@H]1CCCC1NC(=O)c1sc2nccc3c2c1NC(=O)N3c1ccc(Oc2ccccn2)cc1C. The molecule has 1 aliphatic heterocycles. The van der Waals surface area contributed by atoms with Crippen LogP contribution in [-0.2, 0) is 4.79 Å². The number of amides is 4.